The molecule has 1 N–H and O–H groups in total. The Hall–Kier alpha value is -0.0800. The summed E-state index contributed by atoms with van der Waals surface area (Å²) in [4.78, 5) is 4.75. The minimum absolute atomic E-state index is 0.340. The van der Waals surface area contributed by atoms with Crippen LogP contribution < -0.4 is 5.32 Å². The molecular weight excluding hydrogens is 324 g/mol. The third kappa shape index (κ3) is 4.69. The van der Waals surface area contributed by atoms with E-state index in [0.29, 0.717) is 5.75 Å². The molecule has 4 nitrogen and oxygen atoms in total. The highest BCUT2D eigenvalue weighted by Gasteiger charge is 2.31. The Balaban J connectivity index is 2.10. The first-order chi connectivity index (χ1) is 9.91. The van der Waals surface area contributed by atoms with Crippen molar-refractivity contribution in [2.24, 2.45) is 0 Å². The first-order valence-corrected chi connectivity index (χ1v) is 11.1. The minimum Gasteiger partial charge on any atom is -0.312 e. The molecule has 0 saturated carbocycles. The Morgan fingerprint density at radius 1 is 1.48 bits per heavy atom. The molecule has 0 spiro atoms. The molecule has 1 aliphatic rings. The van der Waals surface area contributed by atoms with Gasteiger partial charge in [-0.3, -0.25) is 4.90 Å². The number of rotatable bonds is 6. The Morgan fingerprint density at radius 3 is 2.90 bits per heavy atom. The molecule has 1 aromatic heterocycles. The smallest absolute Gasteiger partial charge is 0.164 e. The second kappa shape index (κ2) is 7.46. The number of hydrogen-bond acceptors (Lipinski definition) is 6. The molecule has 1 atom stereocenters. The average Bonchev–Trinajstić information content (AvgIpc) is 2.76. The second-order valence-electron chi connectivity index (χ2n) is 5.40. The summed E-state index contributed by atoms with van der Waals surface area (Å²) in [6.07, 6.45) is 1.35. The predicted octanol–water partition coefficient (Wildman–Crippen LogP) is 2.09. The van der Waals surface area contributed by atoms with Crippen LogP contribution in [0.15, 0.2) is 6.07 Å². The lowest BCUT2D eigenvalue weighted by molar-refractivity contribution is 0.262. The number of aryl methyl sites for hydroxylation is 1. The van der Waals surface area contributed by atoms with Crippen molar-refractivity contribution in [3.8, 4) is 0 Å². The molecule has 2 rings (SSSR count). The van der Waals surface area contributed by atoms with Crippen LogP contribution in [0.5, 0.6) is 0 Å². The van der Waals surface area contributed by atoms with Gasteiger partial charge >= 0.3 is 0 Å². The standard InChI is InChI=1S/C14H24N2O2S3/c1-4-15-8-13-7-12(11(2)20-13)9-16-5-6-19-10-14(16)21(3,17)18/h7,14-15H,4-6,8-10H2,1-3H3. The highest BCUT2D eigenvalue weighted by molar-refractivity contribution is 8.00. The summed E-state index contributed by atoms with van der Waals surface area (Å²) >= 11 is 3.54. The van der Waals surface area contributed by atoms with E-state index < -0.39 is 9.84 Å². The van der Waals surface area contributed by atoms with Gasteiger partial charge in [-0.15, -0.1) is 11.3 Å². The quantitative estimate of drug-likeness (QED) is 0.853. The van der Waals surface area contributed by atoms with Crippen LogP contribution in [0.1, 0.15) is 22.2 Å². The van der Waals surface area contributed by atoms with E-state index >= 15 is 0 Å². The van der Waals surface area contributed by atoms with Gasteiger partial charge in [0, 0.05) is 47.2 Å². The normalized spacial score (nSPS) is 20.8. The molecule has 7 heteroatoms. The Kier molecular flexibility index (Phi) is 6.14. The molecule has 0 radical (unpaired) electrons. The van der Waals surface area contributed by atoms with E-state index in [1.165, 1.54) is 21.6 Å². The largest absolute Gasteiger partial charge is 0.312 e. The zero-order chi connectivity index (χ0) is 15.5. The molecule has 120 valence electrons. The van der Waals surface area contributed by atoms with E-state index in [4.69, 9.17) is 0 Å². The van der Waals surface area contributed by atoms with E-state index in [0.717, 1.165) is 31.9 Å². The average molecular weight is 349 g/mol. The second-order valence-corrected chi connectivity index (χ2v) is 10.1. The number of thioether (sulfide) groups is 1. The van der Waals surface area contributed by atoms with Gasteiger partial charge in [-0.25, -0.2) is 8.42 Å². The fourth-order valence-corrected chi connectivity index (χ4v) is 6.45. The number of nitrogens with one attached hydrogen (secondary N) is 1. The SMILES string of the molecule is CCNCc1cc(CN2CCSCC2S(C)(=O)=O)c(C)s1. The Morgan fingerprint density at radius 2 is 2.24 bits per heavy atom. The third-order valence-electron chi connectivity index (χ3n) is 3.68. The van der Waals surface area contributed by atoms with Crippen LogP contribution in [-0.4, -0.2) is 49.5 Å². The van der Waals surface area contributed by atoms with Crippen molar-refractivity contribution in [1.82, 2.24) is 10.2 Å². The van der Waals surface area contributed by atoms with Crippen LogP contribution in [0.4, 0.5) is 0 Å². The first-order valence-electron chi connectivity index (χ1n) is 7.21. The van der Waals surface area contributed by atoms with Crippen molar-refractivity contribution < 1.29 is 8.42 Å². The molecule has 0 bridgehead atoms. The van der Waals surface area contributed by atoms with E-state index in [9.17, 15) is 8.42 Å². The van der Waals surface area contributed by atoms with Crippen LogP contribution in [0, 0.1) is 6.92 Å². The molecule has 1 aromatic rings. The van der Waals surface area contributed by atoms with E-state index in [1.54, 1.807) is 11.8 Å². The lowest BCUT2D eigenvalue weighted by Gasteiger charge is -2.33. The zero-order valence-corrected chi connectivity index (χ0v) is 15.3. The fraction of sp³-hybridized carbons (Fsp3) is 0.714. The maximum absolute atomic E-state index is 12.0. The van der Waals surface area contributed by atoms with Crippen molar-refractivity contribution in [2.45, 2.75) is 32.3 Å². The maximum Gasteiger partial charge on any atom is 0.164 e. The van der Waals surface area contributed by atoms with Gasteiger partial charge in [0.1, 0.15) is 5.37 Å². The van der Waals surface area contributed by atoms with Crippen LogP contribution in [0.3, 0.4) is 0 Å². The highest BCUT2D eigenvalue weighted by atomic mass is 32.2. The summed E-state index contributed by atoms with van der Waals surface area (Å²) in [6, 6.07) is 2.23. The van der Waals surface area contributed by atoms with Gasteiger partial charge in [-0.05, 0) is 25.1 Å². The fourth-order valence-electron chi connectivity index (χ4n) is 2.49. The number of nitrogens with zero attached hydrogens (tertiary/aromatic N) is 1. The molecule has 21 heavy (non-hydrogen) atoms. The maximum atomic E-state index is 12.0. The van der Waals surface area contributed by atoms with E-state index in [2.05, 4.69) is 30.1 Å². The molecule has 1 saturated heterocycles. The predicted molar refractivity (Wildman–Crippen MR) is 92.8 cm³/mol. The Labute approximate surface area is 136 Å². The van der Waals surface area contributed by atoms with Crippen LogP contribution in [-0.2, 0) is 22.9 Å². The van der Waals surface area contributed by atoms with Gasteiger partial charge in [0.15, 0.2) is 9.84 Å². The first kappa shape index (κ1) is 17.3. The third-order valence-corrected chi connectivity index (χ3v) is 7.46. The summed E-state index contributed by atoms with van der Waals surface area (Å²) in [7, 11) is -3.02. The molecule has 1 fully saturated rings. The van der Waals surface area contributed by atoms with Crippen molar-refractivity contribution in [2.75, 3.05) is 30.9 Å². The topological polar surface area (TPSA) is 49.4 Å². The number of hydrogen-bond donors (Lipinski definition) is 1. The zero-order valence-electron chi connectivity index (χ0n) is 12.9. The number of sulfone groups is 1. The van der Waals surface area contributed by atoms with Crippen molar-refractivity contribution in [3.05, 3.63) is 21.4 Å². The number of thiophene rings is 1. The lowest BCUT2D eigenvalue weighted by Crippen LogP contribution is -2.46. The lowest BCUT2D eigenvalue weighted by atomic mass is 10.2. The van der Waals surface area contributed by atoms with Crippen molar-refractivity contribution in [3.63, 3.8) is 0 Å². The van der Waals surface area contributed by atoms with Crippen LogP contribution in [0.2, 0.25) is 0 Å². The molecule has 2 heterocycles. The van der Waals surface area contributed by atoms with Gasteiger partial charge in [-0.2, -0.15) is 11.8 Å². The molecule has 1 aliphatic heterocycles. The molecule has 0 aliphatic carbocycles. The van der Waals surface area contributed by atoms with E-state index in [-0.39, 0.29) is 5.37 Å². The van der Waals surface area contributed by atoms with Gasteiger partial charge in [0.2, 0.25) is 0 Å². The van der Waals surface area contributed by atoms with Crippen LogP contribution >= 0.6 is 23.1 Å². The molecule has 1 unspecified atom stereocenters. The van der Waals surface area contributed by atoms with Gasteiger partial charge in [0.25, 0.3) is 0 Å². The van der Waals surface area contributed by atoms with Crippen molar-refractivity contribution >= 4 is 32.9 Å². The highest BCUT2D eigenvalue weighted by Crippen LogP contribution is 2.27. The summed E-state index contributed by atoms with van der Waals surface area (Å²) in [6.45, 7) is 7.68. The monoisotopic (exact) mass is 348 g/mol. The van der Waals surface area contributed by atoms with Crippen molar-refractivity contribution in [1.29, 1.82) is 0 Å². The molecule has 0 amide bonds. The summed E-state index contributed by atoms with van der Waals surface area (Å²) < 4.78 is 23.9. The Bertz CT molecular complexity index is 569. The summed E-state index contributed by atoms with van der Waals surface area (Å²) in [5.41, 5.74) is 1.27. The van der Waals surface area contributed by atoms with Gasteiger partial charge in [0.05, 0.1) is 0 Å². The summed E-state index contributed by atoms with van der Waals surface area (Å²) in [5.74, 6) is 1.70. The minimum atomic E-state index is -3.02. The summed E-state index contributed by atoms with van der Waals surface area (Å²) in [5, 5.41) is 3.00. The van der Waals surface area contributed by atoms with Gasteiger partial charge in [-0.1, -0.05) is 6.92 Å². The van der Waals surface area contributed by atoms with Crippen LogP contribution in [0.25, 0.3) is 0 Å². The van der Waals surface area contributed by atoms with Gasteiger partial charge < -0.3 is 5.32 Å². The molecule has 0 aromatic carbocycles. The molecular formula is C14H24N2O2S3. The van der Waals surface area contributed by atoms with E-state index in [1.807, 2.05) is 11.3 Å².